The maximum atomic E-state index is 12.1. The first kappa shape index (κ1) is 13.7. The van der Waals surface area contributed by atoms with Crippen LogP contribution in [-0.4, -0.2) is 35.7 Å². The minimum absolute atomic E-state index is 0.0463. The highest BCUT2D eigenvalue weighted by atomic mass is 79.9. The summed E-state index contributed by atoms with van der Waals surface area (Å²) in [7, 11) is 0. The molecule has 0 aromatic carbocycles. The zero-order valence-corrected chi connectivity index (χ0v) is 12.3. The predicted molar refractivity (Wildman–Crippen MR) is 74.8 cm³/mol. The number of carbonyl (C=O) groups is 2. The molecule has 0 radical (unpaired) electrons. The van der Waals surface area contributed by atoms with E-state index in [9.17, 15) is 9.59 Å². The number of halogens is 1. The maximum Gasteiger partial charge on any atom is 0.234 e. The Morgan fingerprint density at radius 3 is 2.89 bits per heavy atom. The minimum atomic E-state index is -0.326. The van der Waals surface area contributed by atoms with Crippen molar-refractivity contribution >= 4 is 39.0 Å². The fourth-order valence-electron chi connectivity index (χ4n) is 2.25. The number of hydrogen-bond acceptors (Lipinski definition) is 4. The van der Waals surface area contributed by atoms with E-state index in [2.05, 4.69) is 15.9 Å². The number of thiophene rings is 1. The molecular weight excluding hydrogens is 316 g/mol. The van der Waals surface area contributed by atoms with Crippen molar-refractivity contribution in [2.75, 3.05) is 13.1 Å². The van der Waals surface area contributed by atoms with Crippen molar-refractivity contribution < 1.29 is 9.59 Å². The van der Waals surface area contributed by atoms with E-state index in [1.807, 2.05) is 16.3 Å². The van der Waals surface area contributed by atoms with Crippen molar-refractivity contribution in [3.63, 3.8) is 0 Å². The summed E-state index contributed by atoms with van der Waals surface area (Å²) in [6, 6.07) is 1.57. The minimum Gasteiger partial charge on any atom is -0.368 e. The van der Waals surface area contributed by atoms with Crippen LogP contribution in [-0.2, 0) is 4.79 Å². The molecule has 1 aliphatic rings. The van der Waals surface area contributed by atoms with E-state index >= 15 is 0 Å². The van der Waals surface area contributed by atoms with Crippen LogP contribution in [0.15, 0.2) is 15.9 Å². The summed E-state index contributed by atoms with van der Waals surface area (Å²) in [6.45, 7) is 1.04. The molecular formula is C12H15BrN2O2S. The molecule has 4 nitrogen and oxygen atoms in total. The number of nitrogens with zero attached hydrogens (tertiary/aromatic N) is 1. The monoisotopic (exact) mass is 330 g/mol. The average Bonchev–Trinajstić information content (AvgIpc) is 2.76. The molecule has 0 aliphatic carbocycles. The van der Waals surface area contributed by atoms with Gasteiger partial charge < -0.3 is 5.73 Å². The molecule has 98 valence electrons. The fourth-order valence-corrected chi connectivity index (χ4v) is 3.78. The lowest BCUT2D eigenvalue weighted by atomic mass is 10.0. The first-order chi connectivity index (χ1) is 8.59. The van der Waals surface area contributed by atoms with Gasteiger partial charge in [0, 0.05) is 4.47 Å². The second-order valence-electron chi connectivity index (χ2n) is 4.41. The van der Waals surface area contributed by atoms with E-state index in [1.165, 1.54) is 11.3 Å². The van der Waals surface area contributed by atoms with Crippen LogP contribution < -0.4 is 5.73 Å². The van der Waals surface area contributed by atoms with Crippen molar-refractivity contribution in [1.82, 2.24) is 4.90 Å². The molecule has 1 aromatic rings. The van der Waals surface area contributed by atoms with Crippen molar-refractivity contribution in [1.29, 1.82) is 0 Å². The van der Waals surface area contributed by atoms with Crippen LogP contribution in [0.5, 0.6) is 0 Å². The zero-order chi connectivity index (χ0) is 13.1. The molecule has 2 rings (SSSR count). The van der Waals surface area contributed by atoms with E-state index in [4.69, 9.17) is 5.73 Å². The summed E-state index contributed by atoms with van der Waals surface area (Å²) < 4.78 is 0.824. The zero-order valence-electron chi connectivity index (χ0n) is 9.89. The molecule has 2 heterocycles. The van der Waals surface area contributed by atoms with Gasteiger partial charge in [-0.15, -0.1) is 11.3 Å². The van der Waals surface area contributed by atoms with Gasteiger partial charge in [-0.2, -0.15) is 0 Å². The maximum absolute atomic E-state index is 12.1. The Kier molecular flexibility index (Phi) is 4.53. The number of amides is 1. The highest BCUT2D eigenvalue weighted by molar-refractivity contribution is 9.10. The van der Waals surface area contributed by atoms with Gasteiger partial charge in [0.1, 0.15) is 0 Å². The molecule has 0 bridgehead atoms. The van der Waals surface area contributed by atoms with Gasteiger partial charge in [0.2, 0.25) is 5.91 Å². The van der Waals surface area contributed by atoms with E-state index < -0.39 is 0 Å². The SMILES string of the molecule is NC(=O)C1CCCCN1CC(=O)c1sccc1Br. The van der Waals surface area contributed by atoms with Crippen LogP contribution >= 0.6 is 27.3 Å². The smallest absolute Gasteiger partial charge is 0.234 e. The number of hydrogen-bond donors (Lipinski definition) is 1. The normalized spacial score (nSPS) is 20.8. The quantitative estimate of drug-likeness (QED) is 0.859. The third-order valence-corrected chi connectivity index (χ3v) is 5.04. The topological polar surface area (TPSA) is 63.4 Å². The molecule has 18 heavy (non-hydrogen) atoms. The molecule has 0 saturated carbocycles. The Bertz CT molecular complexity index is 461. The Labute approximate surface area is 118 Å². The van der Waals surface area contributed by atoms with Crippen LogP contribution in [0.3, 0.4) is 0 Å². The van der Waals surface area contributed by atoms with Crippen molar-refractivity contribution in [2.24, 2.45) is 5.73 Å². The Balaban J connectivity index is 2.05. The number of piperidine rings is 1. The summed E-state index contributed by atoms with van der Waals surface area (Å²) in [4.78, 5) is 26.1. The van der Waals surface area contributed by atoms with E-state index in [-0.39, 0.29) is 24.3 Å². The largest absolute Gasteiger partial charge is 0.368 e. The van der Waals surface area contributed by atoms with Crippen molar-refractivity contribution in [3.05, 3.63) is 20.8 Å². The molecule has 6 heteroatoms. The third-order valence-electron chi connectivity index (χ3n) is 3.16. The molecule has 1 saturated heterocycles. The number of Topliss-reactive ketones (excluding diaryl/α,β-unsaturated/α-hetero) is 1. The molecule has 1 aromatic heterocycles. The first-order valence-electron chi connectivity index (χ1n) is 5.89. The average molecular weight is 331 g/mol. The highest BCUT2D eigenvalue weighted by Crippen LogP contribution is 2.24. The van der Waals surface area contributed by atoms with Gasteiger partial charge in [-0.05, 0) is 46.8 Å². The first-order valence-corrected chi connectivity index (χ1v) is 7.56. The summed E-state index contributed by atoms with van der Waals surface area (Å²) >= 11 is 4.77. The Morgan fingerprint density at radius 1 is 1.50 bits per heavy atom. The Morgan fingerprint density at radius 2 is 2.28 bits per heavy atom. The van der Waals surface area contributed by atoms with Gasteiger partial charge in [0.25, 0.3) is 0 Å². The lowest BCUT2D eigenvalue weighted by Crippen LogP contribution is -2.49. The van der Waals surface area contributed by atoms with Crippen LogP contribution in [0.4, 0.5) is 0 Å². The van der Waals surface area contributed by atoms with Gasteiger partial charge in [0.15, 0.2) is 5.78 Å². The molecule has 1 fully saturated rings. The van der Waals surface area contributed by atoms with E-state index in [0.717, 1.165) is 30.3 Å². The van der Waals surface area contributed by atoms with E-state index in [0.29, 0.717) is 4.88 Å². The summed E-state index contributed by atoms with van der Waals surface area (Å²) in [5, 5.41) is 1.87. The number of nitrogens with two attached hydrogens (primary N) is 1. The highest BCUT2D eigenvalue weighted by Gasteiger charge is 2.29. The lowest BCUT2D eigenvalue weighted by molar-refractivity contribution is -0.124. The second kappa shape index (κ2) is 5.95. The van der Waals surface area contributed by atoms with Crippen LogP contribution in [0, 0.1) is 0 Å². The van der Waals surface area contributed by atoms with Crippen LogP contribution in [0.2, 0.25) is 0 Å². The summed E-state index contributed by atoms with van der Waals surface area (Å²) in [5.41, 5.74) is 5.38. The number of rotatable bonds is 4. The molecule has 1 aliphatic heterocycles. The number of ketones is 1. The van der Waals surface area contributed by atoms with Gasteiger partial charge in [0.05, 0.1) is 17.5 Å². The number of carbonyl (C=O) groups excluding carboxylic acids is 2. The third kappa shape index (κ3) is 2.99. The van der Waals surface area contributed by atoms with Gasteiger partial charge in [-0.1, -0.05) is 6.42 Å². The van der Waals surface area contributed by atoms with E-state index in [1.54, 1.807) is 0 Å². The van der Waals surface area contributed by atoms with Crippen LogP contribution in [0.1, 0.15) is 28.9 Å². The van der Waals surface area contributed by atoms with Crippen molar-refractivity contribution in [2.45, 2.75) is 25.3 Å². The van der Waals surface area contributed by atoms with Gasteiger partial charge in [-0.25, -0.2) is 0 Å². The molecule has 1 amide bonds. The summed E-state index contributed by atoms with van der Waals surface area (Å²) in [6.07, 6.45) is 2.78. The van der Waals surface area contributed by atoms with Gasteiger partial charge >= 0.3 is 0 Å². The number of primary amides is 1. The second-order valence-corrected chi connectivity index (χ2v) is 6.18. The van der Waals surface area contributed by atoms with Gasteiger partial charge in [-0.3, -0.25) is 14.5 Å². The molecule has 1 unspecified atom stereocenters. The number of likely N-dealkylation sites (tertiary alicyclic amines) is 1. The lowest BCUT2D eigenvalue weighted by Gasteiger charge is -2.32. The molecule has 0 spiro atoms. The fraction of sp³-hybridized carbons (Fsp3) is 0.500. The Hall–Kier alpha value is -0.720. The summed E-state index contributed by atoms with van der Waals surface area (Å²) in [5.74, 6) is -0.280. The van der Waals surface area contributed by atoms with Crippen LogP contribution in [0.25, 0.3) is 0 Å². The molecule has 2 N–H and O–H groups in total. The predicted octanol–water partition coefficient (Wildman–Crippen LogP) is 2.03. The molecule has 1 atom stereocenters. The standard InChI is InChI=1S/C12H15BrN2O2S/c13-8-4-6-18-11(8)10(16)7-15-5-2-1-3-9(15)12(14)17/h4,6,9H,1-3,5,7H2,(H2,14,17). The van der Waals surface area contributed by atoms with Crippen molar-refractivity contribution in [3.8, 4) is 0 Å².